The van der Waals surface area contributed by atoms with Gasteiger partial charge in [0.25, 0.3) is 0 Å². The van der Waals surface area contributed by atoms with Gasteiger partial charge in [-0.1, -0.05) is 24.1 Å². The molecule has 0 radical (unpaired) electrons. The van der Waals surface area contributed by atoms with Gasteiger partial charge in [-0.05, 0) is 37.3 Å². The van der Waals surface area contributed by atoms with Gasteiger partial charge in [0.2, 0.25) is 0 Å². The molecule has 0 bridgehead atoms. The van der Waals surface area contributed by atoms with Gasteiger partial charge in [-0.2, -0.15) is 0 Å². The molecule has 1 aliphatic carbocycles. The number of aliphatic hydroxyl groups is 1. The molecular weight excluding hydrogens is 222 g/mol. The van der Waals surface area contributed by atoms with Crippen LogP contribution < -0.4 is 0 Å². The van der Waals surface area contributed by atoms with Crippen molar-refractivity contribution in [1.82, 2.24) is 0 Å². The molecule has 0 saturated carbocycles. The second-order valence-corrected chi connectivity index (χ2v) is 4.55. The van der Waals surface area contributed by atoms with Gasteiger partial charge in [0, 0.05) is 6.07 Å². The minimum absolute atomic E-state index is 0.420. The second-order valence-electron chi connectivity index (χ2n) is 4.55. The van der Waals surface area contributed by atoms with Gasteiger partial charge in [-0.3, -0.25) is 0 Å². The number of hydrogen-bond donors (Lipinski definition) is 1. The van der Waals surface area contributed by atoms with Crippen molar-refractivity contribution in [2.75, 3.05) is 0 Å². The van der Waals surface area contributed by atoms with Crippen LogP contribution in [0.15, 0.2) is 29.8 Å². The maximum absolute atomic E-state index is 13.5. The standard InChI is InChI=1S/C14H16F2O/c15-12-6-5-11(14(16)9-12)7-10-3-1-2-4-13(17)8-10/h5-6,8-9,13,17H,1-4,7H2. The van der Waals surface area contributed by atoms with Gasteiger partial charge < -0.3 is 5.11 Å². The van der Waals surface area contributed by atoms with Gasteiger partial charge in [0.1, 0.15) is 11.6 Å². The third kappa shape index (κ3) is 3.37. The summed E-state index contributed by atoms with van der Waals surface area (Å²) in [4.78, 5) is 0. The summed E-state index contributed by atoms with van der Waals surface area (Å²) in [6.45, 7) is 0. The summed E-state index contributed by atoms with van der Waals surface area (Å²) < 4.78 is 26.2. The zero-order chi connectivity index (χ0) is 12.3. The van der Waals surface area contributed by atoms with Crippen LogP contribution in [0, 0.1) is 11.6 Å². The smallest absolute Gasteiger partial charge is 0.129 e. The maximum atomic E-state index is 13.5. The third-order valence-corrected chi connectivity index (χ3v) is 3.11. The van der Waals surface area contributed by atoms with Crippen molar-refractivity contribution < 1.29 is 13.9 Å². The average Bonchev–Trinajstić information content (AvgIpc) is 2.47. The van der Waals surface area contributed by atoms with E-state index in [-0.39, 0.29) is 0 Å². The maximum Gasteiger partial charge on any atom is 0.129 e. The minimum atomic E-state index is -0.555. The summed E-state index contributed by atoms with van der Waals surface area (Å²) in [5, 5.41) is 9.62. The van der Waals surface area contributed by atoms with E-state index in [2.05, 4.69) is 0 Å². The van der Waals surface area contributed by atoms with Crippen LogP contribution in [-0.4, -0.2) is 11.2 Å². The van der Waals surface area contributed by atoms with Gasteiger partial charge in [0.05, 0.1) is 6.10 Å². The Bertz CT molecular complexity index is 426. The number of rotatable bonds is 2. The summed E-state index contributed by atoms with van der Waals surface area (Å²) in [5.41, 5.74) is 1.53. The van der Waals surface area contributed by atoms with Crippen LogP contribution in [0.5, 0.6) is 0 Å². The van der Waals surface area contributed by atoms with Gasteiger partial charge in [-0.25, -0.2) is 8.78 Å². The fourth-order valence-corrected chi connectivity index (χ4v) is 2.20. The lowest BCUT2D eigenvalue weighted by Gasteiger charge is -2.07. The van der Waals surface area contributed by atoms with Crippen LogP contribution >= 0.6 is 0 Å². The Kier molecular flexibility index (Phi) is 3.89. The molecule has 0 spiro atoms. The van der Waals surface area contributed by atoms with Crippen LogP contribution in [-0.2, 0) is 6.42 Å². The molecule has 1 N–H and O–H groups in total. The molecule has 1 atom stereocenters. The SMILES string of the molecule is OC1C=C(Cc2ccc(F)cc2F)CCCC1. The molecule has 3 heteroatoms. The van der Waals surface area contributed by atoms with Gasteiger partial charge >= 0.3 is 0 Å². The zero-order valence-corrected chi connectivity index (χ0v) is 9.63. The van der Waals surface area contributed by atoms with Crippen molar-refractivity contribution in [3.05, 3.63) is 47.0 Å². The van der Waals surface area contributed by atoms with Crippen LogP contribution in [0.2, 0.25) is 0 Å². The van der Waals surface area contributed by atoms with E-state index in [1.807, 2.05) is 6.08 Å². The third-order valence-electron chi connectivity index (χ3n) is 3.11. The summed E-state index contributed by atoms with van der Waals surface area (Å²) >= 11 is 0. The number of hydrogen-bond acceptors (Lipinski definition) is 1. The monoisotopic (exact) mass is 238 g/mol. The van der Waals surface area contributed by atoms with E-state index in [9.17, 15) is 13.9 Å². The summed E-state index contributed by atoms with van der Waals surface area (Å²) in [6.07, 6.45) is 5.53. The number of halogens is 2. The fraction of sp³-hybridized carbons (Fsp3) is 0.429. The summed E-state index contributed by atoms with van der Waals surface area (Å²) in [7, 11) is 0. The largest absolute Gasteiger partial charge is 0.389 e. The van der Waals surface area contributed by atoms with E-state index >= 15 is 0 Å². The van der Waals surface area contributed by atoms with Gasteiger partial charge in [-0.15, -0.1) is 0 Å². The Labute approximate surface area is 99.8 Å². The Morgan fingerprint density at radius 2 is 2.06 bits per heavy atom. The normalized spacial score (nSPS) is 20.9. The van der Waals surface area contributed by atoms with E-state index in [1.54, 1.807) is 0 Å². The first-order valence-electron chi connectivity index (χ1n) is 5.97. The molecule has 0 heterocycles. The number of aliphatic hydroxyl groups excluding tert-OH is 1. The Hall–Kier alpha value is -1.22. The molecule has 1 aromatic carbocycles. The van der Waals surface area contributed by atoms with Crippen molar-refractivity contribution in [3.8, 4) is 0 Å². The molecule has 1 aromatic rings. The van der Waals surface area contributed by atoms with E-state index in [4.69, 9.17) is 0 Å². The molecule has 17 heavy (non-hydrogen) atoms. The first-order valence-corrected chi connectivity index (χ1v) is 5.97. The second kappa shape index (κ2) is 5.41. The lowest BCUT2D eigenvalue weighted by molar-refractivity contribution is 0.211. The van der Waals surface area contributed by atoms with Crippen molar-refractivity contribution in [2.24, 2.45) is 0 Å². The zero-order valence-electron chi connectivity index (χ0n) is 9.63. The first-order chi connectivity index (χ1) is 8.15. The lowest BCUT2D eigenvalue weighted by Crippen LogP contribution is -2.02. The summed E-state index contributed by atoms with van der Waals surface area (Å²) in [5.74, 6) is -1.06. The predicted octanol–water partition coefficient (Wildman–Crippen LogP) is 3.37. The molecule has 1 unspecified atom stereocenters. The van der Waals surface area contributed by atoms with Crippen molar-refractivity contribution in [1.29, 1.82) is 0 Å². The van der Waals surface area contributed by atoms with E-state index in [0.717, 1.165) is 37.3 Å². The highest BCUT2D eigenvalue weighted by Crippen LogP contribution is 2.22. The molecule has 92 valence electrons. The van der Waals surface area contributed by atoms with Crippen molar-refractivity contribution >= 4 is 0 Å². The van der Waals surface area contributed by atoms with E-state index in [1.165, 1.54) is 12.1 Å². The lowest BCUT2D eigenvalue weighted by atomic mass is 10.0. The highest BCUT2D eigenvalue weighted by molar-refractivity contribution is 5.25. The quantitative estimate of drug-likeness (QED) is 0.783. The van der Waals surface area contributed by atoms with Crippen molar-refractivity contribution in [2.45, 2.75) is 38.2 Å². The van der Waals surface area contributed by atoms with Crippen LogP contribution in [0.25, 0.3) is 0 Å². The molecule has 0 amide bonds. The number of allylic oxidation sites excluding steroid dienone is 1. The summed E-state index contributed by atoms with van der Waals surface area (Å²) in [6, 6.07) is 3.65. The molecule has 1 nitrogen and oxygen atoms in total. The molecule has 0 aromatic heterocycles. The Balaban J connectivity index is 2.14. The van der Waals surface area contributed by atoms with Crippen LogP contribution in [0.1, 0.15) is 31.2 Å². The molecule has 0 aliphatic heterocycles. The number of benzene rings is 1. The molecular formula is C14H16F2O. The van der Waals surface area contributed by atoms with Crippen LogP contribution in [0.3, 0.4) is 0 Å². The minimum Gasteiger partial charge on any atom is -0.389 e. The molecule has 0 saturated heterocycles. The highest BCUT2D eigenvalue weighted by Gasteiger charge is 2.12. The van der Waals surface area contributed by atoms with E-state index in [0.29, 0.717) is 12.0 Å². The van der Waals surface area contributed by atoms with E-state index < -0.39 is 17.7 Å². The topological polar surface area (TPSA) is 20.2 Å². The fourth-order valence-electron chi connectivity index (χ4n) is 2.20. The molecule has 1 aliphatic rings. The Morgan fingerprint density at radius 3 is 2.82 bits per heavy atom. The Morgan fingerprint density at radius 1 is 1.24 bits per heavy atom. The van der Waals surface area contributed by atoms with Crippen LogP contribution in [0.4, 0.5) is 8.78 Å². The first kappa shape index (κ1) is 12.2. The predicted molar refractivity (Wildman–Crippen MR) is 62.6 cm³/mol. The highest BCUT2D eigenvalue weighted by atomic mass is 19.1. The molecule has 0 fully saturated rings. The van der Waals surface area contributed by atoms with Crippen molar-refractivity contribution in [3.63, 3.8) is 0 Å². The average molecular weight is 238 g/mol. The molecule has 2 rings (SSSR count). The van der Waals surface area contributed by atoms with Gasteiger partial charge in [0.15, 0.2) is 0 Å².